The van der Waals surface area contributed by atoms with Gasteiger partial charge in [-0.05, 0) is 47.7 Å². The van der Waals surface area contributed by atoms with Crippen LogP contribution in [0.2, 0.25) is 0 Å². The number of nitrogens with one attached hydrogen (secondary N) is 1. The second-order valence-electron chi connectivity index (χ2n) is 10.8. The summed E-state index contributed by atoms with van der Waals surface area (Å²) in [7, 11) is 0. The summed E-state index contributed by atoms with van der Waals surface area (Å²) in [4.78, 5) is 37.0. The number of benzene rings is 3. The van der Waals surface area contributed by atoms with Gasteiger partial charge in [-0.3, -0.25) is 18.9 Å². The highest BCUT2D eigenvalue weighted by Crippen LogP contribution is 2.30. The molecule has 0 saturated carbocycles. The van der Waals surface area contributed by atoms with Crippen LogP contribution in [0.15, 0.2) is 79.3 Å². The van der Waals surface area contributed by atoms with Crippen molar-refractivity contribution in [3.05, 3.63) is 139 Å². The molecule has 6 aromatic rings. The van der Waals surface area contributed by atoms with Crippen molar-refractivity contribution < 1.29 is 22.2 Å². The third kappa shape index (κ3) is 6.29. The van der Waals surface area contributed by atoms with E-state index in [1.807, 2.05) is 55.5 Å². The minimum absolute atomic E-state index is 0.00305. The molecule has 0 saturated heterocycles. The molecule has 3 aromatic carbocycles. The van der Waals surface area contributed by atoms with Crippen LogP contribution in [0.5, 0.6) is 0 Å². The van der Waals surface area contributed by atoms with E-state index in [9.17, 15) is 22.8 Å². The van der Waals surface area contributed by atoms with E-state index >= 15 is 0 Å². The Hall–Kier alpha value is -5.59. The van der Waals surface area contributed by atoms with E-state index in [1.165, 1.54) is 0 Å². The summed E-state index contributed by atoms with van der Waals surface area (Å²) in [6.45, 7) is 4.02. The number of halogens is 3. The van der Waals surface area contributed by atoms with Crippen molar-refractivity contribution >= 4 is 0 Å². The van der Waals surface area contributed by atoms with Crippen LogP contribution in [0.25, 0.3) is 22.5 Å². The van der Waals surface area contributed by atoms with E-state index < -0.39 is 23.2 Å². The van der Waals surface area contributed by atoms with Crippen LogP contribution in [-0.4, -0.2) is 29.8 Å². The molecule has 3 aromatic heterocycles. The Labute approximate surface area is 259 Å². The number of H-pyrrole nitrogens is 1. The monoisotopic (exact) mass is 628 g/mol. The summed E-state index contributed by atoms with van der Waals surface area (Å²) in [5.41, 5.74) is 4.09. The molecule has 1 N–H and O–H groups in total. The number of aryl methyl sites for hydroxylation is 2. The van der Waals surface area contributed by atoms with Crippen molar-refractivity contribution in [3.63, 3.8) is 0 Å². The fraction of sp³-hybridized carbons (Fsp3) is 0.212. The minimum atomic E-state index is -1.55. The summed E-state index contributed by atoms with van der Waals surface area (Å²) in [5, 5.41) is 7.68. The molecule has 0 fully saturated rings. The topological polar surface area (TPSA) is 133 Å². The Kier molecular flexibility index (Phi) is 8.47. The summed E-state index contributed by atoms with van der Waals surface area (Å²) in [6.07, 6.45) is 1.28. The zero-order valence-electron chi connectivity index (χ0n) is 24.8. The van der Waals surface area contributed by atoms with Gasteiger partial charge in [-0.15, -0.1) is 0 Å². The van der Waals surface area contributed by atoms with E-state index in [2.05, 4.69) is 24.8 Å². The van der Waals surface area contributed by atoms with Gasteiger partial charge in [0.15, 0.2) is 29.1 Å². The predicted octanol–water partition coefficient (Wildman–Crippen LogP) is 5.54. The third-order valence-electron chi connectivity index (χ3n) is 7.49. The molecule has 0 aliphatic heterocycles. The standard InChI is InChI=1S/C33H27F3N6O4/c1-3-6-28-37-18(2)24(16-29-38-27(40-45-29)15-20-13-25(34)30(36)26(35)14-20)32(43)42(28)17-19-9-11-21(12-10-19)22-7-4-5-8-23(22)31-39-33(44)46-41-31/h4-5,7-14H,3,6,15-17H2,1-2H3,(H,39,41,44). The van der Waals surface area contributed by atoms with Crippen LogP contribution in [0.3, 0.4) is 0 Å². The molecule has 0 aliphatic rings. The van der Waals surface area contributed by atoms with Crippen LogP contribution in [-0.2, 0) is 25.8 Å². The molecular formula is C33H27F3N6O4. The van der Waals surface area contributed by atoms with Gasteiger partial charge in [-0.2, -0.15) is 4.98 Å². The van der Waals surface area contributed by atoms with Crippen molar-refractivity contribution in [3.8, 4) is 22.5 Å². The van der Waals surface area contributed by atoms with Gasteiger partial charge >= 0.3 is 5.76 Å². The van der Waals surface area contributed by atoms with E-state index in [0.717, 1.165) is 35.2 Å². The van der Waals surface area contributed by atoms with E-state index in [1.54, 1.807) is 11.5 Å². The highest BCUT2D eigenvalue weighted by atomic mass is 19.2. The fourth-order valence-corrected chi connectivity index (χ4v) is 5.27. The van der Waals surface area contributed by atoms with Gasteiger partial charge in [-0.25, -0.2) is 22.9 Å². The third-order valence-corrected chi connectivity index (χ3v) is 7.49. The Morgan fingerprint density at radius 3 is 2.24 bits per heavy atom. The van der Waals surface area contributed by atoms with E-state index in [4.69, 9.17) is 9.51 Å². The molecule has 0 spiro atoms. The largest absolute Gasteiger partial charge is 0.439 e. The molecule has 13 heteroatoms. The lowest BCUT2D eigenvalue weighted by Gasteiger charge is -2.16. The molecule has 0 unspecified atom stereocenters. The molecular weight excluding hydrogens is 601 g/mol. The normalized spacial score (nSPS) is 11.3. The molecule has 46 heavy (non-hydrogen) atoms. The number of hydrogen-bond donors (Lipinski definition) is 1. The molecule has 6 rings (SSSR count). The maximum Gasteiger partial charge on any atom is 0.439 e. The average Bonchev–Trinajstić information content (AvgIpc) is 3.68. The van der Waals surface area contributed by atoms with Crippen LogP contribution in [0, 0.1) is 24.4 Å². The SMILES string of the molecule is CCCc1nc(C)c(Cc2nc(Cc3cc(F)c(F)c(F)c3)no2)c(=O)n1Cc1ccc(-c2ccccc2-c2noc(=O)[nH]2)cc1. The second kappa shape index (κ2) is 12.8. The minimum Gasteiger partial charge on any atom is -0.339 e. The molecule has 0 radical (unpaired) electrons. The van der Waals surface area contributed by atoms with Gasteiger partial charge in [0, 0.05) is 29.7 Å². The van der Waals surface area contributed by atoms with E-state index in [0.29, 0.717) is 34.9 Å². The van der Waals surface area contributed by atoms with Crippen molar-refractivity contribution in [2.24, 2.45) is 0 Å². The quantitative estimate of drug-likeness (QED) is 0.196. The predicted molar refractivity (Wildman–Crippen MR) is 161 cm³/mol. The Morgan fingerprint density at radius 1 is 0.848 bits per heavy atom. The van der Waals surface area contributed by atoms with Gasteiger partial charge in [0.2, 0.25) is 5.89 Å². The number of hydrogen-bond acceptors (Lipinski definition) is 8. The van der Waals surface area contributed by atoms with Crippen molar-refractivity contribution in [2.75, 3.05) is 0 Å². The smallest absolute Gasteiger partial charge is 0.339 e. The maximum absolute atomic E-state index is 13.9. The summed E-state index contributed by atoms with van der Waals surface area (Å²) in [5.74, 6) is -3.58. The molecule has 10 nitrogen and oxygen atoms in total. The molecule has 0 aliphatic carbocycles. The maximum atomic E-state index is 13.9. The van der Waals surface area contributed by atoms with Crippen LogP contribution >= 0.6 is 0 Å². The first-order valence-corrected chi connectivity index (χ1v) is 14.5. The Balaban J connectivity index is 1.26. The zero-order chi connectivity index (χ0) is 32.4. The summed E-state index contributed by atoms with van der Waals surface area (Å²) < 4.78 is 52.3. The highest BCUT2D eigenvalue weighted by molar-refractivity contribution is 5.80. The number of aromatic amines is 1. The number of aromatic nitrogens is 6. The first-order valence-electron chi connectivity index (χ1n) is 14.5. The average molecular weight is 629 g/mol. The highest BCUT2D eigenvalue weighted by Gasteiger charge is 2.19. The summed E-state index contributed by atoms with van der Waals surface area (Å²) in [6, 6.07) is 16.9. The van der Waals surface area contributed by atoms with Crippen molar-refractivity contribution in [2.45, 2.75) is 46.1 Å². The van der Waals surface area contributed by atoms with Gasteiger partial charge in [0.1, 0.15) is 5.82 Å². The lowest BCUT2D eigenvalue weighted by Crippen LogP contribution is -2.30. The molecule has 234 valence electrons. The van der Waals surface area contributed by atoms with Crippen LogP contribution in [0.4, 0.5) is 13.2 Å². The number of rotatable bonds is 10. The van der Waals surface area contributed by atoms with Crippen molar-refractivity contribution in [1.82, 2.24) is 29.8 Å². The first-order chi connectivity index (χ1) is 22.2. The molecule has 0 atom stereocenters. The fourth-order valence-electron chi connectivity index (χ4n) is 5.27. The lowest BCUT2D eigenvalue weighted by atomic mass is 9.98. The second-order valence-corrected chi connectivity index (χ2v) is 10.8. The van der Waals surface area contributed by atoms with Gasteiger partial charge < -0.3 is 4.52 Å². The van der Waals surface area contributed by atoms with Gasteiger partial charge in [0.05, 0.1) is 13.0 Å². The summed E-state index contributed by atoms with van der Waals surface area (Å²) >= 11 is 0. The molecule has 0 amide bonds. The Morgan fingerprint density at radius 2 is 1.57 bits per heavy atom. The first kappa shape index (κ1) is 30.4. The van der Waals surface area contributed by atoms with Crippen molar-refractivity contribution in [1.29, 1.82) is 0 Å². The van der Waals surface area contributed by atoms with E-state index in [-0.39, 0.29) is 42.2 Å². The van der Waals surface area contributed by atoms with Crippen LogP contribution < -0.4 is 11.3 Å². The zero-order valence-corrected chi connectivity index (χ0v) is 24.8. The lowest BCUT2D eigenvalue weighted by molar-refractivity contribution is 0.379. The Bertz CT molecular complexity index is 2130. The number of nitrogens with zero attached hydrogens (tertiary/aromatic N) is 5. The molecule has 3 heterocycles. The van der Waals surface area contributed by atoms with Gasteiger partial charge in [0.25, 0.3) is 5.56 Å². The van der Waals surface area contributed by atoms with Gasteiger partial charge in [-0.1, -0.05) is 65.8 Å². The van der Waals surface area contributed by atoms with Crippen LogP contribution in [0.1, 0.15) is 53.3 Å². The molecule has 0 bridgehead atoms.